The van der Waals surface area contributed by atoms with Crippen molar-refractivity contribution in [2.75, 3.05) is 27.2 Å². The summed E-state index contributed by atoms with van der Waals surface area (Å²) < 4.78 is 33.7. The van der Waals surface area contributed by atoms with Crippen LogP contribution in [0.15, 0.2) is 71.6 Å². The number of hydrogen-bond donors (Lipinski definition) is 3. The molecule has 0 radical (unpaired) electrons. The van der Waals surface area contributed by atoms with E-state index < -0.39 is 22.1 Å². The number of hydrogen-bond acceptors (Lipinski definition) is 6. The molecule has 1 aliphatic rings. The van der Waals surface area contributed by atoms with E-state index in [1.165, 1.54) is 25.3 Å². The average Bonchev–Trinajstić information content (AvgIpc) is 3.33. The van der Waals surface area contributed by atoms with E-state index in [4.69, 9.17) is 9.84 Å². The lowest BCUT2D eigenvalue weighted by Gasteiger charge is -2.31. The Morgan fingerprint density at radius 3 is 2.24 bits per heavy atom. The molecule has 3 aromatic rings. The topological polar surface area (TPSA) is 116 Å². The summed E-state index contributed by atoms with van der Waals surface area (Å²) >= 11 is 0. The molecule has 0 unspecified atom stereocenters. The summed E-state index contributed by atoms with van der Waals surface area (Å²) in [6.45, 7) is 4.41. The van der Waals surface area contributed by atoms with E-state index in [-0.39, 0.29) is 35.7 Å². The number of aliphatic carboxylic acids is 1. The number of nitrogens with zero attached hydrogens (tertiary/aromatic N) is 1. The van der Waals surface area contributed by atoms with E-state index >= 15 is 0 Å². The minimum Gasteiger partial charge on any atom is -0.495 e. The summed E-state index contributed by atoms with van der Waals surface area (Å²) in [6.07, 6.45) is 2.06. The standard InChI is InChI=1S/C32H40N2O6S/c1-32(2,19-23-15-25-7-5-6-8-26(25)16-23)33-20-28(35)21-34(3)41(38,39)30-18-27(13-14-29(30)40-4)24-11-9-22(10-12-24)17-31(36)37/h5-14,18,23,28,33,35H,15-17,19-21H2,1-4H3,(H,36,37)/t28-/m1/s1. The fourth-order valence-corrected chi connectivity index (χ4v) is 7.04. The second kappa shape index (κ2) is 12.7. The van der Waals surface area contributed by atoms with Crippen molar-refractivity contribution in [1.82, 2.24) is 9.62 Å². The zero-order valence-corrected chi connectivity index (χ0v) is 24.9. The number of rotatable bonds is 13. The first kappa shape index (κ1) is 30.7. The number of carboxylic acids is 1. The number of carboxylic acid groups (broad SMARTS) is 1. The zero-order chi connectivity index (χ0) is 29.8. The van der Waals surface area contributed by atoms with Gasteiger partial charge in [-0.2, -0.15) is 4.31 Å². The van der Waals surface area contributed by atoms with Crippen molar-refractivity contribution in [2.24, 2.45) is 5.92 Å². The molecule has 0 spiro atoms. The number of fused-ring (bicyclic) bond motifs is 1. The number of β-amino-alcohol motifs (C(OH)–C–C–N with tert-alkyl or cyclic N) is 1. The smallest absolute Gasteiger partial charge is 0.307 e. The molecule has 0 saturated heterocycles. The number of carbonyl (C=O) groups is 1. The van der Waals surface area contributed by atoms with Gasteiger partial charge in [0.25, 0.3) is 0 Å². The summed E-state index contributed by atoms with van der Waals surface area (Å²) in [5, 5.41) is 23.3. The highest BCUT2D eigenvalue weighted by Gasteiger charge is 2.30. The average molecular weight is 581 g/mol. The number of likely N-dealkylation sites (N-methyl/N-ethyl adjacent to an activating group) is 1. The van der Waals surface area contributed by atoms with Crippen molar-refractivity contribution in [1.29, 1.82) is 0 Å². The summed E-state index contributed by atoms with van der Waals surface area (Å²) in [6, 6.07) is 20.4. The molecule has 220 valence electrons. The number of ether oxygens (including phenoxy) is 1. The Morgan fingerprint density at radius 1 is 1.05 bits per heavy atom. The van der Waals surface area contributed by atoms with Crippen LogP contribution in [-0.2, 0) is 34.1 Å². The molecular formula is C32H40N2O6S. The van der Waals surface area contributed by atoms with Gasteiger partial charge < -0.3 is 20.3 Å². The zero-order valence-electron chi connectivity index (χ0n) is 24.1. The predicted molar refractivity (Wildman–Crippen MR) is 160 cm³/mol. The van der Waals surface area contributed by atoms with Crippen molar-refractivity contribution in [2.45, 2.75) is 56.1 Å². The maximum atomic E-state index is 13.6. The third kappa shape index (κ3) is 7.74. The molecule has 0 aromatic heterocycles. The van der Waals surface area contributed by atoms with Crippen LogP contribution < -0.4 is 10.1 Å². The molecule has 1 atom stereocenters. The van der Waals surface area contributed by atoms with Gasteiger partial charge in [0.2, 0.25) is 10.0 Å². The predicted octanol–water partition coefficient (Wildman–Crippen LogP) is 4.14. The van der Waals surface area contributed by atoms with Crippen LogP contribution in [-0.4, -0.2) is 67.8 Å². The van der Waals surface area contributed by atoms with Crippen LogP contribution in [0.2, 0.25) is 0 Å². The molecule has 0 fully saturated rings. The molecule has 0 saturated carbocycles. The van der Waals surface area contributed by atoms with E-state index in [9.17, 15) is 18.3 Å². The third-order valence-corrected chi connectivity index (χ3v) is 9.56. The Bertz CT molecular complexity index is 1440. The largest absolute Gasteiger partial charge is 0.495 e. The molecular weight excluding hydrogens is 540 g/mol. The first-order valence-corrected chi connectivity index (χ1v) is 15.3. The number of methoxy groups -OCH3 is 1. The van der Waals surface area contributed by atoms with Gasteiger partial charge in [-0.15, -0.1) is 0 Å². The molecule has 0 aliphatic heterocycles. The van der Waals surface area contributed by atoms with Gasteiger partial charge in [0.1, 0.15) is 10.6 Å². The van der Waals surface area contributed by atoms with Crippen molar-refractivity contribution in [3.05, 3.63) is 83.4 Å². The SMILES string of the molecule is COc1ccc(-c2ccc(CC(=O)O)cc2)cc1S(=O)(=O)N(C)C[C@H](O)CNC(C)(C)CC1Cc2ccccc2C1. The summed E-state index contributed by atoms with van der Waals surface area (Å²) in [7, 11) is -1.13. The van der Waals surface area contributed by atoms with Crippen LogP contribution in [0.25, 0.3) is 11.1 Å². The van der Waals surface area contributed by atoms with Gasteiger partial charge in [-0.25, -0.2) is 8.42 Å². The number of aliphatic hydroxyl groups excluding tert-OH is 1. The molecule has 3 aromatic carbocycles. The van der Waals surface area contributed by atoms with E-state index in [0.29, 0.717) is 17.0 Å². The van der Waals surface area contributed by atoms with Gasteiger partial charge in [-0.05, 0) is 79.0 Å². The minimum atomic E-state index is -3.99. The number of nitrogens with one attached hydrogen (secondary N) is 1. The van der Waals surface area contributed by atoms with E-state index in [1.54, 1.807) is 42.5 Å². The minimum absolute atomic E-state index is 0.00380. The van der Waals surface area contributed by atoms with Crippen LogP contribution in [0.4, 0.5) is 0 Å². The Balaban J connectivity index is 1.39. The van der Waals surface area contributed by atoms with Crippen molar-refractivity contribution in [3.63, 3.8) is 0 Å². The first-order chi connectivity index (χ1) is 19.4. The van der Waals surface area contributed by atoms with Crippen molar-refractivity contribution >= 4 is 16.0 Å². The molecule has 8 nitrogen and oxygen atoms in total. The second-order valence-corrected chi connectivity index (χ2v) is 13.6. The van der Waals surface area contributed by atoms with Crippen LogP contribution in [0.3, 0.4) is 0 Å². The summed E-state index contributed by atoms with van der Waals surface area (Å²) in [5.41, 5.74) is 4.66. The fraction of sp³-hybridized carbons (Fsp3) is 0.406. The van der Waals surface area contributed by atoms with E-state index in [1.807, 2.05) is 0 Å². The van der Waals surface area contributed by atoms with Crippen LogP contribution in [0.1, 0.15) is 37.0 Å². The summed E-state index contributed by atoms with van der Waals surface area (Å²) in [4.78, 5) is 11.0. The van der Waals surface area contributed by atoms with E-state index in [0.717, 1.165) is 29.1 Å². The maximum Gasteiger partial charge on any atom is 0.307 e. The molecule has 3 N–H and O–H groups in total. The lowest BCUT2D eigenvalue weighted by atomic mass is 9.88. The van der Waals surface area contributed by atoms with Crippen molar-refractivity contribution in [3.8, 4) is 16.9 Å². The Hall–Kier alpha value is -3.24. The fourth-order valence-electron chi connectivity index (χ4n) is 5.66. The van der Waals surface area contributed by atoms with Crippen LogP contribution >= 0.6 is 0 Å². The highest BCUT2D eigenvalue weighted by Crippen LogP contribution is 2.33. The highest BCUT2D eigenvalue weighted by atomic mass is 32.2. The Morgan fingerprint density at radius 2 is 1.66 bits per heavy atom. The first-order valence-electron chi connectivity index (χ1n) is 13.8. The maximum absolute atomic E-state index is 13.6. The van der Waals surface area contributed by atoms with Gasteiger partial charge in [-0.1, -0.05) is 54.6 Å². The monoisotopic (exact) mass is 580 g/mol. The molecule has 4 rings (SSSR count). The van der Waals surface area contributed by atoms with Gasteiger partial charge in [0.05, 0.1) is 19.6 Å². The van der Waals surface area contributed by atoms with Crippen LogP contribution in [0.5, 0.6) is 5.75 Å². The van der Waals surface area contributed by atoms with Crippen LogP contribution in [0, 0.1) is 5.92 Å². The molecule has 0 amide bonds. The van der Waals surface area contributed by atoms with Crippen molar-refractivity contribution < 1.29 is 28.2 Å². The third-order valence-electron chi connectivity index (χ3n) is 7.71. The Labute approximate surface area is 243 Å². The normalized spacial score (nSPS) is 14.7. The van der Waals surface area contributed by atoms with Gasteiger partial charge in [-0.3, -0.25) is 4.79 Å². The molecule has 1 aliphatic carbocycles. The molecule has 41 heavy (non-hydrogen) atoms. The quantitative estimate of drug-likeness (QED) is 0.278. The molecule has 0 bridgehead atoms. The van der Waals surface area contributed by atoms with Gasteiger partial charge in [0, 0.05) is 25.7 Å². The van der Waals surface area contributed by atoms with Gasteiger partial charge in [0.15, 0.2) is 0 Å². The van der Waals surface area contributed by atoms with Gasteiger partial charge >= 0.3 is 5.97 Å². The lowest BCUT2D eigenvalue weighted by molar-refractivity contribution is -0.136. The second-order valence-electron chi connectivity index (χ2n) is 11.6. The lowest BCUT2D eigenvalue weighted by Crippen LogP contribution is -2.47. The molecule has 9 heteroatoms. The highest BCUT2D eigenvalue weighted by molar-refractivity contribution is 7.89. The Kier molecular flexibility index (Phi) is 9.54. The molecule has 0 heterocycles. The van der Waals surface area contributed by atoms with E-state index in [2.05, 4.69) is 43.4 Å². The number of benzene rings is 3. The number of aliphatic hydroxyl groups is 1. The number of sulfonamides is 1. The summed E-state index contributed by atoms with van der Waals surface area (Å²) in [5.74, 6) is -0.183.